The van der Waals surface area contributed by atoms with Gasteiger partial charge in [0, 0.05) is 14.7 Å². The molecule has 0 saturated heterocycles. The Morgan fingerprint density at radius 3 is 1.81 bits per heavy atom. The van der Waals surface area contributed by atoms with E-state index >= 15 is 0 Å². The highest BCUT2D eigenvalue weighted by Gasteiger charge is 2.22. The molecule has 0 spiro atoms. The number of aromatic nitrogens is 2. The predicted octanol–water partition coefficient (Wildman–Crippen LogP) is 5.08. The minimum Gasteiger partial charge on any atom is -0.497 e. The van der Waals surface area contributed by atoms with Crippen molar-refractivity contribution in [2.24, 2.45) is 0 Å². The third kappa shape index (κ3) is 4.31. The summed E-state index contributed by atoms with van der Waals surface area (Å²) in [7, 11) is -0.648. The van der Waals surface area contributed by atoms with E-state index < -0.39 is 10.0 Å². The van der Waals surface area contributed by atoms with Crippen LogP contribution in [0.3, 0.4) is 0 Å². The first-order valence-electron chi connectivity index (χ1n) is 9.32. The summed E-state index contributed by atoms with van der Waals surface area (Å²) in [6, 6.07) is 21.5. The van der Waals surface area contributed by atoms with Crippen LogP contribution in [-0.2, 0) is 10.0 Å². The van der Waals surface area contributed by atoms with Crippen molar-refractivity contribution < 1.29 is 17.9 Å². The molecule has 4 rings (SSSR count). The van der Waals surface area contributed by atoms with Crippen molar-refractivity contribution in [3.63, 3.8) is 0 Å². The predicted molar refractivity (Wildman–Crippen MR) is 128 cm³/mol. The van der Waals surface area contributed by atoms with Crippen molar-refractivity contribution in [2.75, 3.05) is 14.2 Å². The van der Waals surface area contributed by atoms with E-state index in [9.17, 15) is 8.42 Å². The molecule has 0 aliphatic heterocycles. The van der Waals surface area contributed by atoms with Crippen LogP contribution in [0.2, 0.25) is 0 Å². The molecular formula is C23H19IN2O4S. The van der Waals surface area contributed by atoms with E-state index in [4.69, 9.17) is 9.47 Å². The normalized spacial score (nSPS) is 11.3. The lowest BCUT2D eigenvalue weighted by atomic mass is 10.0. The molecule has 8 heteroatoms. The zero-order valence-corrected chi connectivity index (χ0v) is 19.8. The third-order valence-corrected chi connectivity index (χ3v) is 7.08. The van der Waals surface area contributed by atoms with Gasteiger partial charge in [-0.1, -0.05) is 12.1 Å². The summed E-state index contributed by atoms with van der Waals surface area (Å²) in [5.41, 5.74) is 2.86. The van der Waals surface area contributed by atoms with Gasteiger partial charge in [-0.15, -0.1) is 0 Å². The minimum absolute atomic E-state index is 0.179. The Kier molecular flexibility index (Phi) is 6.01. The van der Waals surface area contributed by atoms with E-state index in [1.165, 1.54) is 0 Å². The molecule has 1 heterocycles. The molecule has 0 unspecified atom stereocenters. The molecule has 0 radical (unpaired) electrons. The van der Waals surface area contributed by atoms with Crippen LogP contribution in [-0.4, -0.2) is 31.8 Å². The van der Waals surface area contributed by atoms with Crippen molar-refractivity contribution in [3.8, 4) is 33.9 Å². The summed E-state index contributed by atoms with van der Waals surface area (Å²) in [5.74, 6) is 1.43. The van der Waals surface area contributed by atoms with Gasteiger partial charge in [0.2, 0.25) is 0 Å². The van der Waals surface area contributed by atoms with Gasteiger partial charge < -0.3 is 9.47 Å². The molecule has 3 aromatic carbocycles. The molecular weight excluding hydrogens is 527 g/mol. The van der Waals surface area contributed by atoms with Crippen molar-refractivity contribution in [1.29, 1.82) is 0 Å². The standard InChI is InChI=1S/C23H19IN2O4S/c1-29-19-9-3-16(4-10-19)22-15-26(31(27,28)21-13-7-18(24)8-14-21)25-23(22)17-5-11-20(30-2)12-6-17/h3-15H,1-2H3. The first kappa shape index (κ1) is 21.4. The number of benzene rings is 3. The van der Waals surface area contributed by atoms with Gasteiger partial charge in [0.05, 0.1) is 25.3 Å². The Labute approximate surface area is 194 Å². The number of hydrogen-bond donors (Lipinski definition) is 0. The quantitative estimate of drug-likeness (QED) is 0.316. The third-order valence-electron chi connectivity index (χ3n) is 4.82. The van der Waals surface area contributed by atoms with Crippen LogP contribution in [0.4, 0.5) is 0 Å². The lowest BCUT2D eigenvalue weighted by Gasteiger charge is -2.05. The lowest BCUT2D eigenvalue weighted by Crippen LogP contribution is -2.13. The smallest absolute Gasteiger partial charge is 0.282 e. The van der Waals surface area contributed by atoms with E-state index in [1.54, 1.807) is 44.7 Å². The molecule has 0 saturated carbocycles. The van der Waals surface area contributed by atoms with Crippen LogP contribution in [0.15, 0.2) is 83.9 Å². The van der Waals surface area contributed by atoms with Crippen LogP contribution < -0.4 is 9.47 Å². The summed E-state index contributed by atoms with van der Waals surface area (Å²) in [6.07, 6.45) is 1.55. The van der Waals surface area contributed by atoms with E-state index in [0.29, 0.717) is 22.8 Å². The van der Waals surface area contributed by atoms with Gasteiger partial charge in [-0.25, -0.2) is 0 Å². The average molecular weight is 546 g/mol. The largest absolute Gasteiger partial charge is 0.497 e. The van der Waals surface area contributed by atoms with E-state index in [0.717, 1.165) is 18.8 Å². The second-order valence-corrected chi connectivity index (χ2v) is 9.72. The Morgan fingerprint density at radius 1 is 0.774 bits per heavy atom. The SMILES string of the molecule is COc1ccc(-c2cn(S(=O)(=O)c3ccc(I)cc3)nc2-c2ccc(OC)cc2)cc1. The van der Waals surface area contributed by atoms with Crippen LogP contribution in [0, 0.1) is 3.57 Å². The highest BCUT2D eigenvalue weighted by Crippen LogP contribution is 2.34. The fourth-order valence-electron chi connectivity index (χ4n) is 3.13. The maximum Gasteiger partial charge on any atom is 0.282 e. The Balaban J connectivity index is 1.87. The summed E-state index contributed by atoms with van der Waals surface area (Å²) in [5, 5.41) is 4.48. The summed E-state index contributed by atoms with van der Waals surface area (Å²) in [6.45, 7) is 0. The maximum absolute atomic E-state index is 13.2. The molecule has 0 N–H and O–H groups in total. The van der Waals surface area contributed by atoms with E-state index in [1.807, 2.05) is 48.5 Å². The fraction of sp³-hybridized carbons (Fsp3) is 0.0870. The Bertz CT molecular complexity index is 1230. The highest BCUT2D eigenvalue weighted by atomic mass is 127. The van der Waals surface area contributed by atoms with Crippen LogP contribution in [0.5, 0.6) is 11.5 Å². The molecule has 158 valence electrons. The molecule has 0 atom stereocenters. The summed E-state index contributed by atoms with van der Waals surface area (Å²) >= 11 is 2.14. The number of rotatable bonds is 6. The molecule has 0 amide bonds. The van der Waals surface area contributed by atoms with Gasteiger partial charge in [-0.05, 0) is 88.8 Å². The molecule has 6 nitrogen and oxygen atoms in total. The molecule has 0 aliphatic carbocycles. The second-order valence-electron chi connectivity index (χ2n) is 6.68. The molecule has 0 bridgehead atoms. The number of hydrogen-bond acceptors (Lipinski definition) is 5. The number of ether oxygens (including phenoxy) is 2. The summed E-state index contributed by atoms with van der Waals surface area (Å²) < 4.78 is 38.9. The van der Waals surface area contributed by atoms with Crippen LogP contribution in [0.1, 0.15) is 0 Å². The highest BCUT2D eigenvalue weighted by molar-refractivity contribution is 14.1. The van der Waals surface area contributed by atoms with Gasteiger partial charge in [0.1, 0.15) is 17.2 Å². The van der Waals surface area contributed by atoms with Crippen molar-refractivity contribution in [1.82, 2.24) is 9.19 Å². The minimum atomic E-state index is -3.85. The monoisotopic (exact) mass is 546 g/mol. The summed E-state index contributed by atoms with van der Waals surface area (Å²) in [4.78, 5) is 0.179. The zero-order valence-electron chi connectivity index (χ0n) is 16.8. The molecule has 0 aliphatic rings. The first-order valence-corrected chi connectivity index (χ1v) is 11.8. The van der Waals surface area contributed by atoms with Crippen LogP contribution in [0.25, 0.3) is 22.4 Å². The molecule has 1 aromatic heterocycles. The molecule has 0 fully saturated rings. The zero-order chi connectivity index (χ0) is 22.0. The first-order chi connectivity index (χ1) is 14.9. The van der Waals surface area contributed by atoms with E-state index in [-0.39, 0.29) is 4.90 Å². The Hall–Kier alpha value is -2.85. The Morgan fingerprint density at radius 2 is 1.29 bits per heavy atom. The van der Waals surface area contributed by atoms with Gasteiger partial charge >= 0.3 is 0 Å². The second kappa shape index (κ2) is 8.72. The number of methoxy groups -OCH3 is 2. The molecule has 4 aromatic rings. The van der Waals surface area contributed by atoms with Gasteiger partial charge in [-0.2, -0.15) is 17.6 Å². The van der Waals surface area contributed by atoms with E-state index in [2.05, 4.69) is 27.7 Å². The number of halogens is 1. The van der Waals surface area contributed by atoms with Gasteiger partial charge in [0.15, 0.2) is 0 Å². The molecule has 31 heavy (non-hydrogen) atoms. The van der Waals surface area contributed by atoms with Crippen LogP contribution >= 0.6 is 22.6 Å². The maximum atomic E-state index is 13.2. The average Bonchev–Trinajstić information content (AvgIpc) is 3.26. The van der Waals surface area contributed by atoms with Gasteiger partial charge in [0.25, 0.3) is 10.0 Å². The van der Waals surface area contributed by atoms with Crippen molar-refractivity contribution in [2.45, 2.75) is 4.90 Å². The van der Waals surface area contributed by atoms with Gasteiger partial charge in [-0.3, -0.25) is 0 Å². The lowest BCUT2D eigenvalue weighted by molar-refractivity contribution is 0.414. The number of nitrogens with zero attached hydrogens (tertiary/aromatic N) is 2. The topological polar surface area (TPSA) is 70.4 Å². The van der Waals surface area contributed by atoms with Crippen molar-refractivity contribution in [3.05, 3.63) is 82.6 Å². The fourth-order valence-corrected chi connectivity index (χ4v) is 4.62. The van der Waals surface area contributed by atoms with Crippen molar-refractivity contribution >= 4 is 32.6 Å².